The Bertz CT molecular complexity index is 601. The number of alkyl halides is 3. The highest BCUT2D eigenvalue weighted by Crippen LogP contribution is 2.31. The predicted octanol–water partition coefficient (Wildman–Crippen LogP) is 3.09. The molecule has 0 aromatic heterocycles. The number of carbonyl (C=O) groups is 1. The zero-order valence-corrected chi connectivity index (χ0v) is 14.2. The van der Waals surface area contributed by atoms with Gasteiger partial charge in [0.05, 0.1) is 11.6 Å². The molecule has 7 heteroatoms. The summed E-state index contributed by atoms with van der Waals surface area (Å²) in [5.41, 5.74) is 5.36. The van der Waals surface area contributed by atoms with Gasteiger partial charge in [-0.25, -0.2) is 0 Å². The molecule has 134 valence electrons. The van der Waals surface area contributed by atoms with Crippen molar-refractivity contribution < 1.29 is 18.0 Å². The molecule has 1 aromatic carbocycles. The fourth-order valence-corrected chi connectivity index (χ4v) is 2.93. The molecular formula is C17H24F3N3O. The second kappa shape index (κ2) is 6.72. The lowest BCUT2D eigenvalue weighted by Gasteiger charge is -2.44. The number of benzene rings is 1. The summed E-state index contributed by atoms with van der Waals surface area (Å²) in [6, 6.07) is 4.30. The summed E-state index contributed by atoms with van der Waals surface area (Å²) < 4.78 is 38.2. The minimum absolute atomic E-state index is 0.0764. The van der Waals surface area contributed by atoms with Crippen molar-refractivity contribution in [3.63, 3.8) is 0 Å². The molecule has 0 bridgehead atoms. The maximum Gasteiger partial charge on any atom is 0.416 e. The molecule has 24 heavy (non-hydrogen) atoms. The average Bonchev–Trinajstić information content (AvgIpc) is 2.48. The molecule has 0 aliphatic carbocycles. The van der Waals surface area contributed by atoms with E-state index in [0.717, 1.165) is 18.6 Å². The molecule has 1 aromatic rings. The minimum Gasteiger partial charge on any atom is -0.327 e. The van der Waals surface area contributed by atoms with Crippen molar-refractivity contribution in [2.45, 2.75) is 45.5 Å². The highest BCUT2D eigenvalue weighted by atomic mass is 19.4. The number of hydrogen-bond acceptors (Lipinski definition) is 3. The first-order chi connectivity index (χ1) is 11.0. The lowest BCUT2D eigenvalue weighted by Crippen LogP contribution is -2.56. The van der Waals surface area contributed by atoms with Gasteiger partial charge < -0.3 is 11.1 Å². The molecule has 1 saturated heterocycles. The monoisotopic (exact) mass is 343 g/mol. The van der Waals surface area contributed by atoms with Gasteiger partial charge in [-0.3, -0.25) is 9.69 Å². The van der Waals surface area contributed by atoms with E-state index in [1.54, 1.807) is 6.92 Å². The van der Waals surface area contributed by atoms with Crippen LogP contribution >= 0.6 is 0 Å². The molecule has 2 atom stereocenters. The molecule has 2 unspecified atom stereocenters. The van der Waals surface area contributed by atoms with Gasteiger partial charge in [-0.1, -0.05) is 19.9 Å². The van der Waals surface area contributed by atoms with Gasteiger partial charge in [0.2, 0.25) is 5.91 Å². The van der Waals surface area contributed by atoms with Crippen molar-refractivity contribution in [1.29, 1.82) is 0 Å². The molecule has 1 fully saturated rings. The highest BCUT2D eigenvalue weighted by Gasteiger charge is 2.37. The fourth-order valence-electron chi connectivity index (χ4n) is 2.93. The van der Waals surface area contributed by atoms with E-state index in [1.165, 1.54) is 12.1 Å². The number of anilines is 1. The summed E-state index contributed by atoms with van der Waals surface area (Å²) in [4.78, 5) is 14.4. The molecule has 1 aliphatic rings. The Morgan fingerprint density at radius 1 is 1.42 bits per heavy atom. The van der Waals surface area contributed by atoms with Crippen LogP contribution in [0.15, 0.2) is 24.3 Å². The summed E-state index contributed by atoms with van der Waals surface area (Å²) >= 11 is 0. The number of rotatable bonds is 3. The average molecular weight is 343 g/mol. The molecule has 0 radical (unpaired) electrons. The Hall–Kier alpha value is -1.60. The molecule has 0 spiro atoms. The zero-order chi connectivity index (χ0) is 18.1. The van der Waals surface area contributed by atoms with Crippen LogP contribution in [0.2, 0.25) is 0 Å². The first-order valence-electron chi connectivity index (χ1n) is 7.98. The van der Waals surface area contributed by atoms with Gasteiger partial charge in [0.25, 0.3) is 0 Å². The van der Waals surface area contributed by atoms with Crippen molar-refractivity contribution in [1.82, 2.24) is 4.90 Å². The van der Waals surface area contributed by atoms with E-state index in [4.69, 9.17) is 5.73 Å². The number of nitrogens with one attached hydrogen (secondary N) is 1. The molecule has 3 N–H and O–H groups in total. The smallest absolute Gasteiger partial charge is 0.327 e. The van der Waals surface area contributed by atoms with Crippen LogP contribution in [0, 0.1) is 5.41 Å². The Morgan fingerprint density at radius 2 is 2.08 bits per heavy atom. The number of nitrogens with zero attached hydrogens (tertiary/aromatic N) is 1. The second-order valence-corrected chi connectivity index (χ2v) is 7.10. The second-order valence-electron chi connectivity index (χ2n) is 7.10. The van der Waals surface area contributed by atoms with E-state index in [2.05, 4.69) is 19.2 Å². The minimum atomic E-state index is -4.43. The Balaban J connectivity index is 2.05. The van der Waals surface area contributed by atoms with Gasteiger partial charge in [0, 0.05) is 24.8 Å². The van der Waals surface area contributed by atoms with Crippen LogP contribution in [0.25, 0.3) is 0 Å². The van der Waals surface area contributed by atoms with E-state index in [9.17, 15) is 18.0 Å². The van der Waals surface area contributed by atoms with Gasteiger partial charge in [0.1, 0.15) is 0 Å². The van der Waals surface area contributed by atoms with E-state index in [-0.39, 0.29) is 23.1 Å². The van der Waals surface area contributed by atoms with Crippen molar-refractivity contribution in [3.8, 4) is 0 Å². The van der Waals surface area contributed by atoms with Gasteiger partial charge in [0.15, 0.2) is 0 Å². The molecule has 4 nitrogen and oxygen atoms in total. The number of hydrogen-bond donors (Lipinski definition) is 2. The summed E-state index contributed by atoms with van der Waals surface area (Å²) in [6.07, 6.45) is -3.65. The first kappa shape index (κ1) is 18.7. The van der Waals surface area contributed by atoms with Crippen LogP contribution in [-0.2, 0) is 11.0 Å². The molecule has 1 amide bonds. The predicted molar refractivity (Wildman–Crippen MR) is 87.5 cm³/mol. The van der Waals surface area contributed by atoms with Crippen molar-refractivity contribution in [2.24, 2.45) is 11.1 Å². The largest absolute Gasteiger partial charge is 0.416 e. The van der Waals surface area contributed by atoms with Crippen molar-refractivity contribution in [2.75, 3.05) is 18.4 Å². The van der Waals surface area contributed by atoms with Gasteiger partial charge in [-0.2, -0.15) is 13.2 Å². The number of likely N-dealkylation sites (tertiary alicyclic amines) is 1. The quantitative estimate of drug-likeness (QED) is 0.887. The molecular weight excluding hydrogens is 319 g/mol. The number of piperidine rings is 1. The lowest BCUT2D eigenvalue weighted by molar-refractivity contribution is -0.137. The maximum atomic E-state index is 12.7. The highest BCUT2D eigenvalue weighted by molar-refractivity contribution is 5.94. The SMILES string of the molecule is CC(C(=O)Nc1cccc(C(F)(F)F)c1)N1CCC(N)C(C)(C)C1. The summed E-state index contributed by atoms with van der Waals surface area (Å²) in [5.74, 6) is -0.319. The fraction of sp³-hybridized carbons (Fsp3) is 0.588. The number of nitrogens with two attached hydrogens (primary N) is 1. The van der Waals surface area contributed by atoms with Crippen LogP contribution in [0.1, 0.15) is 32.8 Å². The molecule has 1 aliphatic heterocycles. The summed E-state index contributed by atoms with van der Waals surface area (Å²) in [6.45, 7) is 7.24. The Morgan fingerprint density at radius 3 is 2.67 bits per heavy atom. The third-order valence-electron chi connectivity index (χ3n) is 4.73. The Kier molecular flexibility index (Phi) is 5.25. The number of amides is 1. The summed E-state index contributed by atoms with van der Waals surface area (Å²) in [5, 5.41) is 2.58. The molecule has 2 rings (SSSR count). The topological polar surface area (TPSA) is 58.4 Å². The van der Waals surface area contributed by atoms with E-state index < -0.39 is 17.8 Å². The molecule has 0 saturated carbocycles. The van der Waals surface area contributed by atoms with Crippen LogP contribution in [0.4, 0.5) is 18.9 Å². The van der Waals surface area contributed by atoms with E-state index in [1.807, 2.05) is 4.90 Å². The number of halogens is 3. The van der Waals surface area contributed by atoms with Crippen molar-refractivity contribution in [3.05, 3.63) is 29.8 Å². The first-order valence-corrected chi connectivity index (χ1v) is 7.98. The Labute approximate surface area is 140 Å². The van der Waals surface area contributed by atoms with Crippen LogP contribution in [0.3, 0.4) is 0 Å². The standard InChI is InChI=1S/C17H24F3N3O/c1-11(23-8-7-14(21)16(2,3)10-23)15(24)22-13-6-4-5-12(9-13)17(18,19)20/h4-6,9,11,14H,7-8,10,21H2,1-3H3,(H,22,24). The maximum absolute atomic E-state index is 12.7. The van der Waals surface area contributed by atoms with Gasteiger partial charge in [-0.05, 0) is 37.0 Å². The third-order valence-corrected chi connectivity index (χ3v) is 4.73. The van der Waals surface area contributed by atoms with Crippen LogP contribution < -0.4 is 11.1 Å². The summed E-state index contributed by atoms with van der Waals surface area (Å²) in [7, 11) is 0. The van der Waals surface area contributed by atoms with E-state index >= 15 is 0 Å². The van der Waals surface area contributed by atoms with Gasteiger partial charge in [-0.15, -0.1) is 0 Å². The zero-order valence-electron chi connectivity index (χ0n) is 14.2. The lowest BCUT2D eigenvalue weighted by atomic mass is 9.79. The van der Waals surface area contributed by atoms with Crippen molar-refractivity contribution >= 4 is 11.6 Å². The normalized spacial score (nSPS) is 22.9. The van der Waals surface area contributed by atoms with E-state index in [0.29, 0.717) is 13.1 Å². The third kappa shape index (κ3) is 4.27. The van der Waals surface area contributed by atoms with Gasteiger partial charge >= 0.3 is 6.18 Å². The number of carbonyl (C=O) groups excluding carboxylic acids is 1. The van der Waals surface area contributed by atoms with Crippen LogP contribution in [0.5, 0.6) is 0 Å². The van der Waals surface area contributed by atoms with Crippen LogP contribution in [-0.4, -0.2) is 36.0 Å². The molecule has 1 heterocycles.